The van der Waals surface area contributed by atoms with Gasteiger partial charge in [0.05, 0.1) is 0 Å². The van der Waals surface area contributed by atoms with E-state index >= 15 is 0 Å². The molecule has 1 aliphatic rings. The van der Waals surface area contributed by atoms with Gasteiger partial charge in [-0.05, 0) is 36.6 Å². The van der Waals surface area contributed by atoms with E-state index in [0.717, 1.165) is 24.0 Å². The second-order valence-corrected chi connectivity index (χ2v) is 5.44. The lowest BCUT2D eigenvalue weighted by Gasteiger charge is -2.16. The van der Waals surface area contributed by atoms with Crippen molar-refractivity contribution in [3.8, 4) is 0 Å². The van der Waals surface area contributed by atoms with Crippen molar-refractivity contribution in [2.45, 2.75) is 12.8 Å². The lowest BCUT2D eigenvalue weighted by molar-refractivity contribution is -0.127. The lowest BCUT2D eigenvalue weighted by Crippen LogP contribution is -2.28. The third kappa shape index (κ3) is 3.30. The fourth-order valence-corrected chi connectivity index (χ4v) is 2.41. The first-order valence-corrected chi connectivity index (χ1v) is 6.70. The van der Waals surface area contributed by atoms with E-state index in [2.05, 4.69) is 28.1 Å². The molecule has 0 spiro atoms. The van der Waals surface area contributed by atoms with Gasteiger partial charge >= 0.3 is 0 Å². The molecule has 1 amide bonds. The van der Waals surface area contributed by atoms with Crippen molar-refractivity contribution in [2.24, 2.45) is 11.7 Å². The van der Waals surface area contributed by atoms with E-state index in [1.807, 2.05) is 17.0 Å². The van der Waals surface area contributed by atoms with Gasteiger partial charge in [-0.3, -0.25) is 4.79 Å². The van der Waals surface area contributed by atoms with Gasteiger partial charge in [-0.15, -0.1) is 0 Å². The molecule has 92 valence electrons. The maximum atomic E-state index is 11.7. The van der Waals surface area contributed by atoms with Crippen molar-refractivity contribution in [3.63, 3.8) is 0 Å². The molecule has 3 nitrogen and oxygen atoms in total. The van der Waals surface area contributed by atoms with Crippen LogP contribution in [0.5, 0.6) is 0 Å². The number of carbonyl (C=O) groups excluding carboxylic acids is 1. The molecule has 1 atom stereocenters. The average Bonchev–Trinajstić information content (AvgIpc) is 2.69. The number of amides is 1. The molecule has 1 saturated heterocycles. The molecule has 4 heteroatoms. The molecule has 1 aliphatic heterocycles. The van der Waals surface area contributed by atoms with Gasteiger partial charge in [0.2, 0.25) is 5.91 Å². The van der Waals surface area contributed by atoms with Crippen LogP contribution in [-0.2, 0) is 11.2 Å². The number of halogens is 1. The Hall–Kier alpha value is -0.870. The highest BCUT2D eigenvalue weighted by molar-refractivity contribution is 9.10. The first-order valence-electron chi connectivity index (χ1n) is 5.91. The summed E-state index contributed by atoms with van der Waals surface area (Å²) >= 11 is 3.41. The van der Waals surface area contributed by atoms with Gasteiger partial charge in [0.25, 0.3) is 0 Å². The van der Waals surface area contributed by atoms with E-state index in [4.69, 9.17) is 5.73 Å². The molecule has 0 bridgehead atoms. The predicted molar refractivity (Wildman–Crippen MR) is 71.6 cm³/mol. The zero-order valence-corrected chi connectivity index (χ0v) is 11.3. The molecule has 1 unspecified atom stereocenters. The highest BCUT2D eigenvalue weighted by Gasteiger charge is 2.27. The topological polar surface area (TPSA) is 46.3 Å². The van der Waals surface area contributed by atoms with Gasteiger partial charge in [0, 0.05) is 24.0 Å². The molecule has 1 aromatic carbocycles. The van der Waals surface area contributed by atoms with E-state index in [9.17, 15) is 4.79 Å². The summed E-state index contributed by atoms with van der Waals surface area (Å²) in [6, 6.07) is 8.24. The number of hydrogen-bond donors (Lipinski definition) is 1. The first-order chi connectivity index (χ1) is 8.19. The number of nitrogens with zero attached hydrogens (tertiary/aromatic N) is 1. The van der Waals surface area contributed by atoms with Gasteiger partial charge in [-0.2, -0.15) is 0 Å². The zero-order valence-electron chi connectivity index (χ0n) is 9.73. The Bertz CT molecular complexity index is 391. The van der Waals surface area contributed by atoms with Crippen LogP contribution < -0.4 is 5.73 Å². The molecule has 2 N–H and O–H groups in total. The van der Waals surface area contributed by atoms with Crippen molar-refractivity contribution >= 4 is 21.8 Å². The number of benzene rings is 1. The van der Waals surface area contributed by atoms with E-state index < -0.39 is 0 Å². The number of nitrogens with two attached hydrogens (primary N) is 1. The molecular weight excluding hydrogens is 280 g/mol. The normalized spacial score (nSPS) is 20.0. The molecule has 17 heavy (non-hydrogen) atoms. The monoisotopic (exact) mass is 296 g/mol. The number of rotatable bonds is 4. The van der Waals surface area contributed by atoms with E-state index in [1.165, 1.54) is 5.56 Å². The maximum Gasteiger partial charge on any atom is 0.222 e. The quantitative estimate of drug-likeness (QED) is 0.921. The Morgan fingerprint density at radius 3 is 2.65 bits per heavy atom. The van der Waals surface area contributed by atoms with Gasteiger partial charge in [0.15, 0.2) is 0 Å². The van der Waals surface area contributed by atoms with Crippen LogP contribution in [0, 0.1) is 5.92 Å². The Balaban J connectivity index is 1.86. The molecule has 0 saturated carbocycles. The van der Waals surface area contributed by atoms with Crippen LogP contribution in [0.2, 0.25) is 0 Å². The van der Waals surface area contributed by atoms with Crippen LogP contribution in [-0.4, -0.2) is 30.4 Å². The van der Waals surface area contributed by atoms with Crippen molar-refractivity contribution in [1.82, 2.24) is 4.90 Å². The van der Waals surface area contributed by atoms with E-state index in [0.29, 0.717) is 18.9 Å². The second kappa shape index (κ2) is 5.65. The predicted octanol–water partition coefficient (Wildman–Crippen LogP) is 1.80. The van der Waals surface area contributed by atoms with Gasteiger partial charge < -0.3 is 10.6 Å². The third-order valence-corrected chi connectivity index (χ3v) is 3.74. The minimum atomic E-state index is 0.248. The Labute approximate surface area is 110 Å². The highest BCUT2D eigenvalue weighted by Crippen LogP contribution is 2.17. The number of hydrogen-bond acceptors (Lipinski definition) is 2. The van der Waals surface area contributed by atoms with Crippen molar-refractivity contribution in [3.05, 3.63) is 34.3 Å². The fourth-order valence-electron chi connectivity index (χ4n) is 2.14. The molecule has 0 aliphatic carbocycles. The summed E-state index contributed by atoms with van der Waals surface area (Å²) in [5, 5.41) is 0. The first kappa shape index (κ1) is 12.6. The van der Waals surface area contributed by atoms with Crippen LogP contribution in [0.3, 0.4) is 0 Å². The molecule has 0 radical (unpaired) electrons. The van der Waals surface area contributed by atoms with E-state index in [-0.39, 0.29) is 5.91 Å². The third-order valence-electron chi connectivity index (χ3n) is 3.21. The Kier molecular flexibility index (Phi) is 4.18. The van der Waals surface area contributed by atoms with Gasteiger partial charge in [0.1, 0.15) is 0 Å². The summed E-state index contributed by atoms with van der Waals surface area (Å²) in [6.07, 6.45) is 1.53. The van der Waals surface area contributed by atoms with Crippen LogP contribution in [0.25, 0.3) is 0 Å². The summed E-state index contributed by atoms with van der Waals surface area (Å²) in [4.78, 5) is 13.6. The van der Waals surface area contributed by atoms with Crippen molar-refractivity contribution < 1.29 is 4.79 Å². The van der Waals surface area contributed by atoms with Gasteiger partial charge in [-0.25, -0.2) is 0 Å². The standard InChI is InChI=1S/C13H17BrN2O/c14-12-3-1-10(2-4-12)5-6-16-9-11(8-15)7-13(16)17/h1-4,11H,5-9,15H2. The molecule has 1 heterocycles. The lowest BCUT2D eigenvalue weighted by atomic mass is 10.1. The van der Waals surface area contributed by atoms with Crippen LogP contribution in [0.4, 0.5) is 0 Å². The van der Waals surface area contributed by atoms with Gasteiger partial charge in [-0.1, -0.05) is 28.1 Å². The Morgan fingerprint density at radius 1 is 1.35 bits per heavy atom. The van der Waals surface area contributed by atoms with E-state index in [1.54, 1.807) is 0 Å². The molecule has 1 aromatic rings. The molecular formula is C13H17BrN2O. The maximum absolute atomic E-state index is 11.7. The van der Waals surface area contributed by atoms with Crippen molar-refractivity contribution in [1.29, 1.82) is 0 Å². The van der Waals surface area contributed by atoms with Crippen LogP contribution in [0.1, 0.15) is 12.0 Å². The largest absolute Gasteiger partial charge is 0.342 e. The zero-order chi connectivity index (χ0) is 12.3. The molecule has 0 aromatic heterocycles. The van der Waals surface area contributed by atoms with Crippen LogP contribution >= 0.6 is 15.9 Å². The summed E-state index contributed by atoms with van der Waals surface area (Å²) in [5.41, 5.74) is 6.86. The highest BCUT2D eigenvalue weighted by atomic mass is 79.9. The van der Waals surface area contributed by atoms with Crippen molar-refractivity contribution in [2.75, 3.05) is 19.6 Å². The minimum absolute atomic E-state index is 0.248. The average molecular weight is 297 g/mol. The molecule has 1 fully saturated rings. The summed E-state index contributed by atoms with van der Waals surface area (Å²) in [6.45, 7) is 2.24. The SMILES string of the molecule is NCC1CC(=O)N(CCc2ccc(Br)cc2)C1. The van der Waals surface area contributed by atoms with Crippen LogP contribution in [0.15, 0.2) is 28.7 Å². The Morgan fingerprint density at radius 2 is 2.06 bits per heavy atom. The number of likely N-dealkylation sites (tertiary alicyclic amines) is 1. The number of carbonyl (C=O) groups is 1. The molecule has 2 rings (SSSR count). The summed E-state index contributed by atoms with van der Waals surface area (Å²) < 4.78 is 1.08. The summed E-state index contributed by atoms with van der Waals surface area (Å²) in [7, 11) is 0. The second-order valence-electron chi connectivity index (χ2n) is 4.52. The smallest absolute Gasteiger partial charge is 0.222 e. The summed E-state index contributed by atoms with van der Waals surface area (Å²) in [5.74, 6) is 0.602. The fraction of sp³-hybridized carbons (Fsp3) is 0.462. The minimum Gasteiger partial charge on any atom is -0.342 e.